The van der Waals surface area contributed by atoms with Crippen molar-refractivity contribution in [2.45, 2.75) is 56.3 Å². The summed E-state index contributed by atoms with van der Waals surface area (Å²) in [7, 11) is 0. The van der Waals surface area contributed by atoms with Gasteiger partial charge in [-0.05, 0) is 48.3 Å². The van der Waals surface area contributed by atoms with E-state index in [-0.39, 0.29) is 0 Å². The van der Waals surface area contributed by atoms with Crippen LogP contribution in [0, 0.1) is 0 Å². The lowest BCUT2D eigenvalue weighted by Crippen LogP contribution is -2.56. The molecule has 0 radical (unpaired) electrons. The summed E-state index contributed by atoms with van der Waals surface area (Å²) in [5, 5.41) is 14.0. The quantitative estimate of drug-likeness (QED) is 0.741. The Morgan fingerprint density at radius 1 is 0.963 bits per heavy atom. The molecule has 138 valence electrons. The van der Waals surface area contributed by atoms with Crippen LogP contribution >= 0.6 is 0 Å². The molecule has 0 aliphatic carbocycles. The van der Waals surface area contributed by atoms with Crippen molar-refractivity contribution in [1.82, 2.24) is 9.88 Å². The maximum atomic E-state index is 11.8. The second-order valence-corrected chi connectivity index (χ2v) is 8.24. The SMILES string of the molecule is OC1(c2cccc3ccncc23)CC2CCCC(C1)N2Cc1ccccc1. The summed E-state index contributed by atoms with van der Waals surface area (Å²) in [6.07, 6.45) is 8.98. The van der Waals surface area contributed by atoms with Crippen LogP contribution in [0.4, 0.5) is 0 Å². The van der Waals surface area contributed by atoms with E-state index in [1.807, 2.05) is 18.5 Å². The molecular formula is C24H26N2O. The monoisotopic (exact) mass is 358 g/mol. The fourth-order valence-electron chi connectivity index (χ4n) is 5.31. The van der Waals surface area contributed by atoms with Crippen LogP contribution < -0.4 is 0 Å². The molecule has 5 rings (SSSR count). The van der Waals surface area contributed by atoms with Crippen molar-refractivity contribution in [3.8, 4) is 0 Å². The lowest BCUT2D eigenvalue weighted by molar-refractivity contribution is -0.0991. The Morgan fingerprint density at radius 2 is 1.74 bits per heavy atom. The van der Waals surface area contributed by atoms with E-state index < -0.39 is 5.60 Å². The fourth-order valence-corrected chi connectivity index (χ4v) is 5.31. The van der Waals surface area contributed by atoms with E-state index in [4.69, 9.17) is 0 Å². The van der Waals surface area contributed by atoms with E-state index in [2.05, 4.69) is 58.4 Å². The van der Waals surface area contributed by atoms with Gasteiger partial charge in [-0.1, -0.05) is 55.0 Å². The van der Waals surface area contributed by atoms with Crippen molar-refractivity contribution in [1.29, 1.82) is 0 Å². The van der Waals surface area contributed by atoms with E-state index in [1.54, 1.807) is 0 Å². The summed E-state index contributed by atoms with van der Waals surface area (Å²) in [6.45, 7) is 0.989. The molecule has 2 aliphatic heterocycles. The van der Waals surface area contributed by atoms with Crippen molar-refractivity contribution < 1.29 is 5.11 Å². The van der Waals surface area contributed by atoms with Gasteiger partial charge in [0.1, 0.15) is 0 Å². The summed E-state index contributed by atoms with van der Waals surface area (Å²) in [5.41, 5.74) is 1.67. The highest BCUT2D eigenvalue weighted by Gasteiger charge is 2.46. The number of aliphatic hydroxyl groups is 1. The van der Waals surface area contributed by atoms with Gasteiger partial charge in [0.2, 0.25) is 0 Å². The Labute approximate surface area is 160 Å². The molecule has 1 aromatic heterocycles. The average molecular weight is 358 g/mol. The number of pyridine rings is 1. The minimum absolute atomic E-state index is 0.439. The highest BCUT2D eigenvalue weighted by Crippen LogP contribution is 2.46. The van der Waals surface area contributed by atoms with Crippen LogP contribution in [-0.2, 0) is 12.1 Å². The van der Waals surface area contributed by atoms with Crippen LogP contribution in [0.25, 0.3) is 10.8 Å². The first kappa shape index (κ1) is 16.9. The van der Waals surface area contributed by atoms with Crippen LogP contribution in [0.5, 0.6) is 0 Å². The molecule has 2 fully saturated rings. The van der Waals surface area contributed by atoms with Gasteiger partial charge in [-0.15, -0.1) is 0 Å². The maximum absolute atomic E-state index is 11.8. The smallest absolute Gasteiger partial charge is 0.0932 e. The van der Waals surface area contributed by atoms with Crippen LogP contribution in [0.1, 0.15) is 43.2 Å². The first-order valence-corrected chi connectivity index (χ1v) is 10.1. The van der Waals surface area contributed by atoms with Gasteiger partial charge >= 0.3 is 0 Å². The summed E-state index contributed by atoms with van der Waals surface area (Å²) in [5.74, 6) is 0. The molecule has 2 unspecified atom stereocenters. The number of nitrogens with zero attached hydrogens (tertiary/aromatic N) is 2. The van der Waals surface area contributed by atoms with Crippen molar-refractivity contribution in [2.24, 2.45) is 0 Å². The fraction of sp³-hybridized carbons (Fsp3) is 0.375. The predicted octanol–water partition coefficient (Wildman–Crippen LogP) is 4.64. The van der Waals surface area contributed by atoms with Gasteiger partial charge < -0.3 is 5.11 Å². The number of hydrogen-bond donors (Lipinski definition) is 1. The molecule has 2 aliphatic rings. The first-order valence-electron chi connectivity index (χ1n) is 10.1. The number of benzene rings is 2. The Bertz CT molecular complexity index is 920. The Kier molecular flexibility index (Phi) is 4.22. The highest BCUT2D eigenvalue weighted by molar-refractivity contribution is 5.85. The van der Waals surface area contributed by atoms with Gasteiger partial charge in [-0.3, -0.25) is 9.88 Å². The van der Waals surface area contributed by atoms with Crippen LogP contribution in [-0.4, -0.2) is 27.1 Å². The van der Waals surface area contributed by atoms with Gasteiger partial charge in [-0.25, -0.2) is 0 Å². The third-order valence-corrected chi connectivity index (χ3v) is 6.55. The topological polar surface area (TPSA) is 36.4 Å². The standard InChI is InChI=1S/C24H26N2O/c27-24(23-11-4-8-19-12-13-25-16-22(19)23)14-20-9-5-10-21(15-24)26(20)17-18-6-2-1-3-7-18/h1-4,6-8,11-13,16,20-21,27H,5,9-10,14-15,17H2. The average Bonchev–Trinajstić information content (AvgIpc) is 2.69. The first-order chi connectivity index (χ1) is 13.2. The van der Waals surface area contributed by atoms with Crippen molar-refractivity contribution in [3.05, 3.63) is 78.1 Å². The molecule has 0 spiro atoms. The normalized spacial score (nSPS) is 28.3. The second-order valence-electron chi connectivity index (χ2n) is 8.24. The zero-order chi connectivity index (χ0) is 18.3. The van der Waals surface area contributed by atoms with Crippen LogP contribution in [0.15, 0.2) is 67.0 Å². The molecule has 0 amide bonds. The van der Waals surface area contributed by atoms with Gasteiger partial charge in [0.25, 0.3) is 0 Å². The van der Waals surface area contributed by atoms with Crippen LogP contribution in [0.2, 0.25) is 0 Å². The third kappa shape index (κ3) is 3.05. The lowest BCUT2D eigenvalue weighted by Gasteiger charge is -2.52. The van der Waals surface area contributed by atoms with E-state index in [0.717, 1.165) is 35.7 Å². The molecule has 0 saturated carbocycles. The zero-order valence-electron chi connectivity index (χ0n) is 15.6. The van der Waals surface area contributed by atoms with E-state index in [0.29, 0.717) is 12.1 Å². The Balaban J connectivity index is 1.48. The molecule has 27 heavy (non-hydrogen) atoms. The predicted molar refractivity (Wildman–Crippen MR) is 108 cm³/mol. The Morgan fingerprint density at radius 3 is 2.52 bits per heavy atom. The molecular weight excluding hydrogens is 332 g/mol. The van der Waals surface area contributed by atoms with Crippen molar-refractivity contribution in [2.75, 3.05) is 0 Å². The summed E-state index contributed by atoms with van der Waals surface area (Å²) in [6, 6.07) is 19.9. The van der Waals surface area contributed by atoms with E-state index in [9.17, 15) is 5.11 Å². The van der Waals surface area contributed by atoms with Crippen molar-refractivity contribution in [3.63, 3.8) is 0 Å². The molecule has 3 heteroatoms. The third-order valence-electron chi connectivity index (χ3n) is 6.55. The maximum Gasteiger partial charge on any atom is 0.0932 e. The molecule has 2 bridgehead atoms. The molecule has 3 nitrogen and oxygen atoms in total. The molecule has 3 aromatic rings. The number of aromatic nitrogens is 1. The zero-order valence-corrected chi connectivity index (χ0v) is 15.6. The second kappa shape index (κ2) is 6.74. The van der Waals surface area contributed by atoms with Gasteiger partial charge in [0.05, 0.1) is 5.60 Å². The van der Waals surface area contributed by atoms with E-state index >= 15 is 0 Å². The number of piperidine rings is 2. The number of hydrogen-bond acceptors (Lipinski definition) is 3. The van der Waals surface area contributed by atoms with Gasteiger partial charge in [-0.2, -0.15) is 0 Å². The highest BCUT2D eigenvalue weighted by atomic mass is 16.3. The number of fused-ring (bicyclic) bond motifs is 3. The molecule has 2 saturated heterocycles. The molecule has 2 atom stereocenters. The summed E-state index contributed by atoms with van der Waals surface area (Å²) < 4.78 is 0. The summed E-state index contributed by atoms with van der Waals surface area (Å²) in [4.78, 5) is 6.97. The molecule has 1 N–H and O–H groups in total. The van der Waals surface area contributed by atoms with Gasteiger partial charge in [0.15, 0.2) is 0 Å². The van der Waals surface area contributed by atoms with Crippen molar-refractivity contribution >= 4 is 10.8 Å². The molecule has 2 aromatic carbocycles. The number of rotatable bonds is 3. The largest absolute Gasteiger partial charge is 0.385 e. The van der Waals surface area contributed by atoms with Gasteiger partial charge in [0, 0.05) is 36.4 Å². The Hall–Kier alpha value is -2.23. The summed E-state index contributed by atoms with van der Waals surface area (Å²) >= 11 is 0. The van der Waals surface area contributed by atoms with Crippen LogP contribution in [0.3, 0.4) is 0 Å². The minimum atomic E-state index is -0.758. The van der Waals surface area contributed by atoms with E-state index in [1.165, 1.54) is 24.8 Å². The molecule has 3 heterocycles. The minimum Gasteiger partial charge on any atom is -0.385 e. The lowest BCUT2D eigenvalue weighted by atomic mass is 9.71.